The molecule has 0 saturated heterocycles. The Morgan fingerprint density at radius 1 is 0.709 bits per heavy atom. The van der Waals surface area contributed by atoms with E-state index in [0.717, 1.165) is 29.5 Å². The largest absolute Gasteiger partial charge is 0.481 e. The number of rotatable bonds is 26. The molecule has 13 nitrogen and oxygen atoms in total. The summed E-state index contributed by atoms with van der Waals surface area (Å²) < 4.78 is 0. The SMILES string of the molecule is CC(=O)Nc1ccc(-c2ccc(C[C@@H](CC(=O)[C@@H](N)CCNC[C@@H](N)CCc3ccccc3)C(=O)NCC[C@@H](CC(=O)CCCC(=O)O)C(=O)O)cc2)cc1. The maximum atomic E-state index is 13.6. The van der Waals surface area contributed by atoms with Crippen molar-refractivity contribution in [2.24, 2.45) is 23.3 Å². The molecule has 13 heteroatoms. The van der Waals surface area contributed by atoms with Crippen LogP contribution >= 0.6 is 0 Å². The molecule has 3 rings (SSSR count). The molecule has 0 aliphatic carbocycles. The van der Waals surface area contributed by atoms with E-state index in [1.54, 1.807) is 12.1 Å². The Morgan fingerprint density at radius 2 is 1.36 bits per heavy atom. The molecular formula is C42H55N5O8. The number of Topliss-reactive ketones (excluding diaryl/α,β-unsaturated/α-hetero) is 2. The summed E-state index contributed by atoms with van der Waals surface area (Å²) >= 11 is 0. The van der Waals surface area contributed by atoms with Crippen LogP contribution in [0.25, 0.3) is 11.1 Å². The lowest BCUT2D eigenvalue weighted by Gasteiger charge is -2.20. The Morgan fingerprint density at radius 3 is 1.98 bits per heavy atom. The third-order valence-corrected chi connectivity index (χ3v) is 9.35. The highest BCUT2D eigenvalue weighted by Gasteiger charge is 2.27. The molecule has 2 amide bonds. The van der Waals surface area contributed by atoms with Gasteiger partial charge in [0.15, 0.2) is 0 Å². The molecule has 0 saturated carbocycles. The van der Waals surface area contributed by atoms with Gasteiger partial charge in [-0.2, -0.15) is 0 Å². The van der Waals surface area contributed by atoms with Gasteiger partial charge >= 0.3 is 11.9 Å². The van der Waals surface area contributed by atoms with E-state index in [0.29, 0.717) is 25.2 Å². The molecule has 0 aliphatic rings. The first-order valence-electron chi connectivity index (χ1n) is 18.8. The lowest BCUT2D eigenvalue weighted by molar-refractivity contribution is -0.144. The van der Waals surface area contributed by atoms with Crippen LogP contribution in [0, 0.1) is 11.8 Å². The predicted octanol–water partition coefficient (Wildman–Crippen LogP) is 4.12. The standard InChI is InChI=1S/C42H55N5O8/c1-28(48)47-36-18-15-32(16-19-36)31-13-10-30(11-14-31)24-34(41(53)46-23-20-33(42(54)55)25-37(49)8-5-9-40(51)52)26-39(50)38(44)21-22-45-27-35(43)17-12-29-6-3-2-4-7-29/h2-4,6-7,10-11,13-16,18-19,33-35,38,45H,5,8-9,12,17,20-27,43-44H2,1H3,(H,46,53)(H,47,48)(H,51,52)(H,54,55)/t33-,34-,35-,38-/m0/s1. The smallest absolute Gasteiger partial charge is 0.307 e. The lowest BCUT2D eigenvalue weighted by Crippen LogP contribution is -2.41. The minimum absolute atomic E-state index is 0.0134. The molecule has 0 unspecified atom stereocenters. The Kier molecular flexibility index (Phi) is 18.9. The van der Waals surface area contributed by atoms with E-state index in [1.165, 1.54) is 12.5 Å². The van der Waals surface area contributed by atoms with E-state index in [4.69, 9.17) is 16.6 Å². The van der Waals surface area contributed by atoms with Crippen LogP contribution < -0.4 is 27.4 Å². The van der Waals surface area contributed by atoms with Crippen LogP contribution in [0.3, 0.4) is 0 Å². The Bertz CT molecular complexity index is 1700. The Balaban J connectivity index is 1.60. The van der Waals surface area contributed by atoms with E-state index < -0.39 is 35.7 Å². The number of nitrogens with two attached hydrogens (primary N) is 2. The maximum absolute atomic E-state index is 13.6. The fourth-order valence-corrected chi connectivity index (χ4v) is 6.16. The molecule has 0 fully saturated rings. The van der Waals surface area contributed by atoms with E-state index in [-0.39, 0.29) is 75.0 Å². The molecule has 55 heavy (non-hydrogen) atoms. The third kappa shape index (κ3) is 17.2. The molecule has 9 N–H and O–H groups in total. The van der Waals surface area contributed by atoms with Gasteiger partial charge in [-0.3, -0.25) is 28.8 Å². The summed E-state index contributed by atoms with van der Waals surface area (Å²) in [4.78, 5) is 73.2. The third-order valence-electron chi connectivity index (χ3n) is 9.35. The number of anilines is 1. The second-order valence-corrected chi connectivity index (χ2v) is 14.0. The van der Waals surface area contributed by atoms with Crippen molar-refractivity contribution in [3.05, 3.63) is 90.0 Å². The van der Waals surface area contributed by atoms with E-state index >= 15 is 0 Å². The predicted molar refractivity (Wildman–Crippen MR) is 211 cm³/mol. The number of ketones is 2. The number of carboxylic acid groups (broad SMARTS) is 2. The molecule has 3 aromatic rings. The van der Waals surface area contributed by atoms with Crippen molar-refractivity contribution >= 4 is 41.0 Å². The number of benzene rings is 3. The minimum atomic E-state index is -1.19. The zero-order valence-electron chi connectivity index (χ0n) is 31.5. The Hall–Kier alpha value is -5.24. The zero-order chi connectivity index (χ0) is 40.2. The fourth-order valence-electron chi connectivity index (χ4n) is 6.16. The average Bonchev–Trinajstić information content (AvgIpc) is 3.15. The number of nitrogens with one attached hydrogen (secondary N) is 3. The molecule has 0 bridgehead atoms. The van der Waals surface area contributed by atoms with Gasteiger partial charge in [0.2, 0.25) is 11.8 Å². The average molecular weight is 758 g/mol. The number of carboxylic acids is 2. The second-order valence-electron chi connectivity index (χ2n) is 14.0. The summed E-state index contributed by atoms with van der Waals surface area (Å²) in [5.74, 6) is -5.28. The van der Waals surface area contributed by atoms with Crippen LogP contribution in [0.5, 0.6) is 0 Å². The second kappa shape index (κ2) is 23.5. The van der Waals surface area contributed by atoms with Crippen molar-refractivity contribution in [1.82, 2.24) is 10.6 Å². The van der Waals surface area contributed by atoms with Crippen LogP contribution in [0.15, 0.2) is 78.9 Å². The summed E-state index contributed by atoms with van der Waals surface area (Å²) in [7, 11) is 0. The summed E-state index contributed by atoms with van der Waals surface area (Å²) in [5.41, 5.74) is 17.1. The first-order valence-corrected chi connectivity index (χ1v) is 18.8. The van der Waals surface area contributed by atoms with Crippen molar-refractivity contribution in [2.45, 2.75) is 83.2 Å². The number of carbonyl (C=O) groups excluding carboxylic acids is 4. The number of hydrogen-bond acceptors (Lipinski definition) is 9. The van der Waals surface area contributed by atoms with Crippen LogP contribution in [-0.2, 0) is 41.6 Å². The molecule has 3 aromatic carbocycles. The first kappa shape index (κ1) is 44.2. The first-order chi connectivity index (χ1) is 26.3. The van der Waals surface area contributed by atoms with E-state index in [9.17, 15) is 33.9 Å². The number of amides is 2. The van der Waals surface area contributed by atoms with Crippen LogP contribution in [0.1, 0.15) is 69.4 Å². The van der Waals surface area contributed by atoms with E-state index in [2.05, 4.69) is 28.1 Å². The number of hydrogen-bond donors (Lipinski definition) is 7. The lowest BCUT2D eigenvalue weighted by atomic mass is 9.90. The summed E-state index contributed by atoms with van der Waals surface area (Å²) in [5, 5.41) is 27.3. The summed E-state index contributed by atoms with van der Waals surface area (Å²) in [6.45, 7) is 2.45. The van der Waals surface area contributed by atoms with Gasteiger partial charge in [0.05, 0.1) is 12.0 Å². The number of aryl methyl sites for hydroxylation is 1. The van der Waals surface area contributed by atoms with Gasteiger partial charge in [0, 0.05) is 63.3 Å². The molecule has 0 aliphatic heterocycles. The van der Waals surface area contributed by atoms with Gasteiger partial charge in [0.25, 0.3) is 0 Å². The molecule has 0 aromatic heterocycles. The molecule has 0 radical (unpaired) electrons. The van der Waals surface area contributed by atoms with Crippen molar-refractivity contribution in [1.29, 1.82) is 0 Å². The normalized spacial score (nSPS) is 13.2. The van der Waals surface area contributed by atoms with Gasteiger partial charge in [-0.1, -0.05) is 66.7 Å². The summed E-state index contributed by atoms with van der Waals surface area (Å²) in [6, 6.07) is 24.2. The zero-order valence-corrected chi connectivity index (χ0v) is 31.5. The Labute approximate surface area is 322 Å². The maximum Gasteiger partial charge on any atom is 0.307 e. The molecule has 0 heterocycles. The number of aliphatic carboxylic acids is 2. The topological polar surface area (TPSA) is 231 Å². The van der Waals surface area contributed by atoms with Crippen LogP contribution in [0.4, 0.5) is 5.69 Å². The van der Waals surface area contributed by atoms with Gasteiger partial charge in [-0.25, -0.2) is 0 Å². The molecule has 296 valence electrons. The quantitative estimate of drug-likeness (QED) is 0.0576. The highest BCUT2D eigenvalue weighted by atomic mass is 16.4. The monoisotopic (exact) mass is 757 g/mol. The molecular weight excluding hydrogens is 702 g/mol. The number of carbonyl (C=O) groups is 6. The summed E-state index contributed by atoms with van der Waals surface area (Å²) in [6.07, 6.45) is 1.75. The van der Waals surface area contributed by atoms with Gasteiger partial charge in [-0.15, -0.1) is 0 Å². The van der Waals surface area contributed by atoms with Gasteiger partial charge in [-0.05, 0) is 79.5 Å². The minimum Gasteiger partial charge on any atom is -0.481 e. The highest BCUT2D eigenvalue weighted by Crippen LogP contribution is 2.24. The van der Waals surface area contributed by atoms with Gasteiger partial charge in [0.1, 0.15) is 11.6 Å². The molecule has 0 spiro atoms. The van der Waals surface area contributed by atoms with Crippen molar-refractivity contribution < 1.29 is 39.0 Å². The van der Waals surface area contributed by atoms with Gasteiger partial charge < -0.3 is 37.6 Å². The van der Waals surface area contributed by atoms with Crippen LogP contribution in [-0.4, -0.2) is 77.3 Å². The van der Waals surface area contributed by atoms with Crippen LogP contribution in [0.2, 0.25) is 0 Å². The van der Waals surface area contributed by atoms with Crippen molar-refractivity contribution in [3.63, 3.8) is 0 Å². The highest BCUT2D eigenvalue weighted by molar-refractivity contribution is 5.90. The van der Waals surface area contributed by atoms with Crippen molar-refractivity contribution in [2.75, 3.05) is 25.0 Å². The van der Waals surface area contributed by atoms with E-state index in [1.807, 2.05) is 54.6 Å². The molecule has 4 atom stereocenters. The fraction of sp³-hybridized carbons (Fsp3) is 0.429. The van der Waals surface area contributed by atoms with Crippen molar-refractivity contribution in [3.8, 4) is 11.1 Å².